The van der Waals surface area contributed by atoms with Crippen molar-refractivity contribution in [1.82, 2.24) is 0 Å². The first-order chi connectivity index (χ1) is 10.4. The molecule has 4 rings (SSSR count). The summed E-state index contributed by atoms with van der Waals surface area (Å²) in [6.45, 7) is 1.19. The molecule has 1 fully saturated rings. The Morgan fingerprint density at radius 2 is 1.29 bits per heavy atom. The van der Waals surface area contributed by atoms with Crippen molar-refractivity contribution in [3.8, 4) is 0 Å². The van der Waals surface area contributed by atoms with E-state index in [9.17, 15) is 0 Å². The number of hydrogen-bond acceptors (Lipinski definition) is 1. The molecule has 1 heteroatoms. The number of nitrogens with zero attached hydrogens (tertiary/aromatic N) is 1. The van der Waals surface area contributed by atoms with Gasteiger partial charge in [-0.3, -0.25) is 0 Å². The van der Waals surface area contributed by atoms with Gasteiger partial charge in [0.15, 0.2) is 0 Å². The summed E-state index contributed by atoms with van der Waals surface area (Å²) in [6.07, 6.45) is 7.97. The number of aryl methyl sites for hydroxylation is 2. The van der Waals surface area contributed by atoms with Crippen LogP contribution in [0.5, 0.6) is 0 Å². The van der Waals surface area contributed by atoms with Crippen LogP contribution in [0.15, 0.2) is 48.5 Å². The summed E-state index contributed by atoms with van der Waals surface area (Å²) in [5.74, 6) is 0.865. The van der Waals surface area contributed by atoms with Crippen molar-refractivity contribution in [2.24, 2.45) is 5.92 Å². The number of anilines is 2. The minimum absolute atomic E-state index is 0.865. The molecular weight excluding hydrogens is 254 g/mol. The van der Waals surface area contributed by atoms with Crippen LogP contribution in [-0.4, -0.2) is 6.54 Å². The molecule has 108 valence electrons. The fraction of sp³-hybridized carbons (Fsp3) is 0.400. The molecule has 2 aliphatic rings. The van der Waals surface area contributed by atoms with E-state index in [-0.39, 0.29) is 0 Å². The lowest BCUT2D eigenvalue weighted by Gasteiger charge is -2.29. The van der Waals surface area contributed by atoms with Crippen LogP contribution in [0.4, 0.5) is 11.4 Å². The van der Waals surface area contributed by atoms with Crippen LogP contribution >= 0.6 is 0 Å². The van der Waals surface area contributed by atoms with Crippen LogP contribution in [0.3, 0.4) is 0 Å². The first-order valence-electron chi connectivity index (χ1n) is 8.35. The maximum Gasteiger partial charge on any atom is 0.0443 e. The van der Waals surface area contributed by atoms with Crippen LogP contribution in [0.1, 0.15) is 36.8 Å². The Morgan fingerprint density at radius 1 is 0.762 bits per heavy atom. The van der Waals surface area contributed by atoms with E-state index < -0.39 is 0 Å². The number of benzene rings is 2. The van der Waals surface area contributed by atoms with E-state index in [0.717, 1.165) is 18.8 Å². The molecule has 1 saturated carbocycles. The summed E-state index contributed by atoms with van der Waals surface area (Å²) in [6, 6.07) is 18.0. The summed E-state index contributed by atoms with van der Waals surface area (Å²) in [5.41, 5.74) is 5.89. The maximum absolute atomic E-state index is 2.60. The molecule has 1 heterocycles. The average Bonchev–Trinajstić information content (AvgIpc) is 2.99. The molecule has 0 unspecified atom stereocenters. The molecule has 2 aromatic rings. The van der Waals surface area contributed by atoms with Crippen molar-refractivity contribution in [1.29, 1.82) is 0 Å². The monoisotopic (exact) mass is 277 g/mol. The average molecular weight is 277 g/mol. The molecule has 0 aromatic heterocycles. The Labute approximate surface area is 127 Å². The Kier molecular flexibility index (Phi) is 3.42. The lowest BCUT2D eigenvalue weighted by atomic mass is 10.0. The molecule has 0 bridgehead atoms. The number of rotatable bonds is 2. The SMILES string of the molecule is c1ccc2c(c1)CCc1ccccc1N2CC1CCCC1. The lowest BCUT2D eigenvalue weighted by Crippen LogP contribution is -2.24. The van der Waals surface area contributed by atoms with Gasteiger partial charge in [-0.2, -0.15) is 0 Å². The van der Waals surface area contributed by atoms with Crippen molar-refractivity contribution < 1.29 is 0 Å². The van der Waals surface area contributed by atoms with Gasteiger partial charge >= 0.3 is 0 Å². The van der Waals surface area contributed by atoms with Crippen LogP contribution in [-0.2, 0) is 12.8 Å². The molecule has 0 N–H and O–H groups in total. The van der Waals surface area contributed by atoms with Gasteiger partial charge in [0.25, 0.3) is 0 Å². The standard InChI is InChI=1S/C20H23N/c1-2-8-16(7-1)15-21-19-11-5-3-9-17(19)13-14-18-10-4-6-12-20(18)21/h3-6,9-12,16H,1-2,7-8,13-15H2. The highest BCUT2D eigenvalue weighted by atomic mass is 15.1. The first-order valence-corrected chi connectivity index (χ1v) is 8.35. The van der Waals surface area contributed by atoms with E-state index in [4.69, 9.17) is 0 Å². The van der Waals surface area contributed by atoms with Gasteiger partial charge in [-0.1, -0.05) is 49.2 Å². The second-order valence-electron chi connectivity index (χ2n) is 6.52. The fourth-order valence-corrected chi connectivity index (χ4v) is 4.02. The normalized spacial score (nSPS) is 18.2. The van der Waals surface area contributed by atoms with Crippen molar-refractivity contribution in [2.45, 2.75) is 38.5 Å². The van der Waals surface area contributed by atoms with Gasteiger partial charge < -0.3 is 4.90 Å². The Hall–Kier alpha value is -1.76. The van der Waals surface area contributed by atoms with Gasteiger partial charge in [0.2, 0.25) is 0 Å². The van der Waals surface area contributed by atoms with E-state index >= 15 is 0 Å². The first kappa shape index (κ1) is 12.9. The third-order valence-corrected chi connectivity index (χ3v) is 5.14. The predicted molar refractivity (Wildman–Crippen MR) is 89.3 cm³/mol. The zero-order valence-corrected chi connectivity index (χ0v) is 12.6. The van der Waals surface area contributed by atoms with Crippen molar-refractivity contribution in [3.63, 3.8) is 0 Å². The molecule has 0 saturated heterocycles. The highest BCUT2D eigenvalue weighted by molar-refractivity contribution is 5.71. The quantitative estimate of drug-likeness (QED) is 0.737. The molecule has 0 spiro atoms. The van der Waals surface area contributed by atoms with E-state index in [1.54, 1.807) is 0 Å². The van der Waals surface area contributed by atoms with Gasteiger partial charge in [-0.15, -0.1) is 0 Å². The molecule has 1 aliphatic heterocycles. The van der Waals surface area contributed by atoms with Gasteiger partial charge in [-0.05, 0) is 54.9 Å². The van der Waals surface area contributed by atoms with Crippen molar-refractivity contribution in [2.75, 3.05) is 11.4 Å². The van der Waals surface area contributed by atoms with Crippen molar-refractivity contribution >= 4 is 11.4 Å². The summed E-state index contributed by atoms with van der Waals surface area (Å²) >= 11 is 0. The zero-order valence-electron chi connectivity index (χ0n) is 12.6. The second kappa shape index (κ2) is 5.55. The molecule has 0 amide bonds. The van der Waals surface area contributed by atoms with E-state index in [2.05, 4.69) is 53.4 Å². The number of hydrogen-bond donors (Lipinski definition) is 0. The van der Waals surface area contributed by atoms with Gasteiger partial charge in [0.1, 0.15) is 0 Å². The van der Waals surface area contributed by atoms with E-state index in [1.165, 1.54) is 54.7 Å². The summed E-state index contributed by atoms with van der Waals surface area (Å²) < 4.78 is 0. The lowest BCUT2D eigenvalue weighted by molar-refractivity contribution is 0.555. The second-order valence-corrected chi connectivity index (χ2v) is 6.52. The number of para-hydroxylation sites is 2. The largest absolute Gasteiger partial charge is 0.341 e. The third-order valence-electron chi connectivity index (χ3n) is 5.14. The van der Waals surface area contributed by atoms with Gasteiger partial charge in [0.05, 0.1) is 0 Å². The van der Waals surface area contributed by atoms with Crippen LogP contribution in [0.25, 0.3) is 0 Å². The predicted octanol–water partition coefficient (Wildman–Crippen LogP) is 5.11. The van der Waals surface area contributed by atoms with Gasteiger partial charge in [0, 0.05) is 17.9 Å². The third kappa shape index (κ3) is 2.46. The molecular formula is C20H23N. The van der Waals surface area contributed by atoms with Gasteiger partial charge in [-0.25, -0.2) is 0 Å². The minimum atomic E-state index is 0.865. The Balaban J connectivity index is 1.77. The minimum Gasteiger partial charge on any atom is -0.341 e. The topological polar surface area (TPSA) is 3.24 Å². The zero-order chi connectivity index (χ0) is 14.1. The van der Waals surface area contributed by atoms with E-state index in [1.807, 2.05) is 0 Å². The van der Waals surface area contributed by atoms with E-state index in [0.29, 0.717) is 0 Å². The van der Waals surface area contributed by atoms with Crippen LogP contribution in [0, 0.1) is 5.92 Å². The van der Waals surface area contributed by atoms with Crippen LogP contribution < -0.4 is 4.90 Å². The molecule has 0 radical (unpaired) electrons. The molecule has 0 atom stereocenters. The highest BCUT2D eigenvalue weighted by Crippen LogP contribution is 2.38. The Bertz CT molecular complexity index is 578. The maximum atomic E-state index is 2.60. The molecule has 1 aliphatic carbocycles. The summed E-state index contributed by atoms with van der Waals surface area (Å²) in [4.78, 5) is 2.60. The summed E-state index contributed by atoms with van der Waals surface area (Å²) in [5, 5.41) is 0. The molecule has 2 aromatic carbocycles. The van der Waals surface area contributed by atoms with Crippen LogP contribution in [0.2, 0.25) is 0 Å². The molecule has 1 nitrogen and oxygen atoms in total. The highest BCUT2D eigenvalue weighted by Gasteiger charge is 2.24. The smallest absolute Gasteiger partial charge is 0.0443 e. The number of fused-ring (bicyclic) bond motifs is 2. The summed E-state index contributed by atoms with van der Waals surface area (Å²) in [7, 11) is 0. The molecule has 21 heavy (non-hydrogen) atoms. The Morgan fingerprint density at radius 3 is 1.86 bits per heavy atom. The van der Waals surface area contributed by atoms with Crippen molar-refractivity contribution in [3.05, 3.63) is 59.7 Å². The fourth-order valence-electron chi connectivity index (χ4n) is 4.02.